The topological polar surface area (TPSA) is 55.1 Å². The van der Waals surface area contributed by atoms with Crippen LogP contribution in [0.25, 0.3) is 0 Å². The number of rotatable bonds is 3. The third-order valence-electron chi connectivity index (χ3n) is 3.17. The number of amides is 1. The number of carbonyl (C=O) groups excluding carboxylic acids is 1. The summed E-state index contributed by atoms with van der Waals surface area (Å²) in [4.78, 5) is 12.2. The molecule has 1 atom stereocenters. The third-order valence-corrected chi connectivity index (χ3v) is 3.52. The number of nitrogen functional groups attached to an aromatic ring is 1. The minimum atomic E-state index is -0.199. The highest BCUT2D eigenvalue weighted by atomic mass is 35.5. The van der Waals surface area contributed by atoms with Gasteiger partial charge in [0.1, 0.15) is 0 Å². The van der Waals surface area contributed by atoms with E-state index in [2.05, 4.69) is 5.32 Å². The molecule has 0 fully saturated rings. The molecule has 3 nitrogen and oxygen atoms in total. The first-order valence-electron chi connectivity index (χ1n) is 6.40. The van der Waals surface area contributed by atoms with Gasteiger partial charge in [-0.2, -0.15) is 0 Å². The minimum Gasteiger partial charge on any atom is -0.398 e. The molecule has 0 aromatic heterocycles. The summed E-state index contributed by atoms with van der Waals surface area (Å²) in [6.07, 6.45) is 0. The van der Waals surface area contributed by atoms with Crippen molar-refractivity contribution in [3.63, 3.8) is 0 Å². The van der Waals surface area contributed by atoms with Crippen LogP contribution in [-0.4, -0.2) is 5.91 Å². The van der Waals surface area contributed by atoms with Crippen LogP contribution in [0, 0.1) is 6.92 Å². The lowest BCUT2D eigenvalue weighted by Crippen LogP contribution is -2.27. The lowest BCUT2D eigenvalue weighted by molar-refractivity contribution is 0.0941. The van der Waals surface area contributed by atoms with Gasteiger partial charge in [-0.05, 0) is 43.2 Å². The van der Waals surface area contributed by atoms with Crippen LogP contribution in [0.1, 0.15) is 34.5 Å². The van der Waals surface area contributed by atoms with Gasteiger partial charge in [0.2, 0.25) is 0 Å². The fraction of sp³-hybridized carbons (Fsp3) is 0.188. The van der Waals surface area contributed by atoms with Crippen LogP contribution >= 0.6 is 11.6 Å². The Hall–Kier alpha value is -2.00. The number of carbonyl (C=O) groups is 1. The first-order chi connectivity index (χ1) is 9.49. The molecule has 2 aromatic rings. The molecule has 0 aliphatic carbocycles. The van der Waals surface area contributed by atoms with Crippen molar-refractivity contribution in [2.45, 2.75) is 19.9 Å². The fourth-order valence-electron chi connectivity index (χ4n) is 2.07. The van der Waals surface area contributed by atoms with E-state index in [0.29, 0.717) is 16.3 Å². The Labute approximate surface area is 123 Å². The molecular weight excluding hydrogens is 272 g/mol. The van der Waals surface area contributed by atoms with Crippen LogP contribution in [0.3, 0.4) is 0 Å². The smallest absolute Gasteiger partial charge is 0.253 e. The Bertz CT molecular complexity index is 640. The van der Waals surface area contributed by atoms with E-state index in [1.54, 1.807) is 18.2 Å². The number of halogens is 1. The van der Waals surface area contributed by atoms with Gasteiger partial charge in [0.05, 0.1) is 11.6 Å². The molecule has 1 unspecified atom stereocenters. The predicted molar refractivity (Wildman–Crippen MR) is 82.9 cm³/mol. The summed E-state index contributed by atoms with van der Waals surface area (Å²) < 4.78 is 0. The number of anilines is 1. The highest BCUT2D eigenvalue weighted by Crippen LogP contribution is 2.23. The van der Waals surface area contributed by atoms with E-state index in [9.17, 15) is 4.79 Å². The maximum atomic E-state index is 12.2. The summed E-state index contributed by atoms with van der Waals surface area (Å²) in [7, 11) is 0. The van der Waals surface area contributed by atoms with Crippen molar-refractivity contribution < 1.29 is 4.79 Å². The van der Waals surface area contributed by atoms with E-state index in [-0.39, 0.29) is 11.9 Å². The molecule has 0 radical (unpaired) electrons. The molecule has 0 saturated carbocycles. The minimum absolute atomic E-state index is 0.183. The van der Waals surface area contributed by atoms with Crippen molar-refractivity contribution in [3.05, 3.63) is 64.2 Å². The molecule has 2 rings (SSSR count). The van der Waals surface area contributed by atoms with E-state index in [4.69, 9.17) is 17.3 Å². The number of nitrogens with one attached hydrogen (secondary N) is 1. The van der Waals surface area contributed by atoms with Crippen molar-refractivity contribution in [1.29, 1.82) is 0 Å². The van der Waals surface area contributed by atoms with Crippen LogP contribution in [-0.2, 0) is 0 Å². The first kappa shape index (κ1) is 14.4. The van der Waals surface area contributed by atoms with Gasteiger partial charge in [0, 0.05) is 10.7 Å². The van der Waals surface area contributed by atoms with Crippen LogP contribution in [0.15, 0.2) is 42.5 Å². The number of benzene rings is 2. The number of aryl methyl sites for hydroxylation is 1. The molecule has 0 bridgehead atoms. The molecule has 0 spiro atoms. The summed E-state index contributed by atoms with van der Waals surface area (Å²) in [5, 5.41) is 3.55. The van der Waals surface area contributed by atoms with Crippen LogP contribution in [0.5, 0.6) is 0 Å². The van der Waals surface area contributed by atoms with Gasteiger partial charge >= 0.3 is 0 Å². The molecule has 0 aliphatic rings. The normalized spacial score (nSPS) is 11.9. The predicted octanol–water partition coefficient (Wildman–Crippen LogP) is 3.72. The molecule has 0 saturated heterocycles. The van der Waals surface area contributed by atoms with E-state index in [1.165, 1.54) is 0 Å². The van der Waals surface area contributed by atoms with Gasteiger partial charge in [-0.1, -0.05) is 35.9 Å². The van der Waals surface area contributed by atoms with Crippen molar-refractivity contribution in [1.82, 2.24) is 5.32 Å². The van der Waals surface area contributed by atoms with Crippen molar-refractivity contribution >= 4 is 23.2 Å². The molecular formula is C16H17ClN2O. The van der Waals surface area contributed by atoms with Crippen LogP contribution in [0.4, 0.5) is 5.69 Å². The molecule has 1 amide bonds. The lowest BCUT2D eigenvalue weighted by Gasteiger charge is -2.16. The standard InChI is InChI=1S/C16H17ClN2O/c1-10-7-8-13(15(18)9-10)16(20)19-11(2)12-5-3-4-6-14(12)17/h3-9,11H,18H2,1-2H3,(H,19,20). The van der Waals surface area contributed by atoms with Crippen LogP contribution in [0.2, 0.25) is 5.02 Å². The fourth-order valence-corrected chi connectivity index (χ4v) is 2.37. The molecule has 3 N–H and O–H groups in total. The second-order valence-electron chi connectivity index (χ2n) is 4.81. The Morgan fingerprint density at radius 1 is 1.25 bits per heavy atom. The maximum absolute atomic E-state index is 12.2. The summed E-state index contributed by atoms with van der Waals surface area (Å²) in [6, 6.07) is 12.7. The summed E-state index contributed by atoms with van der Waals surface area (Å²) in [5.74, 6) is -0.199. The third kappa shape index (κ3) is 3.11. The van der Waals surface area contributed by atoms with Crippen molar-refractivity contribution in [2.24, 2.45) is 0 Å². The van der Waals surface area contributed by atoms with E-state index < -0.39 is 0 Å². The number of hydrogen-bond acceptors (Lipinski definition) is 2. The van der Waals surface area contributed by atoms with Gasteiger partial charge in [-0.25, -0.2) is 0 Å². The largest absolute Gasteiger partial charge is 0.398 e. The highest BCUT2D eigenvalue weighted by molar-refractivity contribution is 6.31. The molecule has 0 heterocycles. The Balaban J connectivity index is 2.17. The Morgan fingerprint density at radius 2 is 1.95 bits per heavy atom. The molecule has 20 heavy (non-hydrogen) atoms. The molecule has 4 heteroatoms. The number of nitrogens with two attached hydrogens (primary N) is 1. The molecule has 0 aliphatic heterocycles. The zero-order valence-electron chi connectivity index (χ0n) is 11.5. The summed E-state index contributed by atoms with van der Waals surface area (Å²) in [5.41, 5.74) is 8.75. The second-order valence-corrected chi connectivity index (χ2v) is 5.21. The van der Waals surface area contributed by atoms with Crippen molar-refractivity contribution in [3.8, 4) is 0 Å². The zero-order chi connectivity index (χ0) is 14.7. The van der Waals surface area contributed by atoms with Gasteiger partial charge in [0.25, 0.3) is 5.91 Å². The van der Waals surface area contributed by atoms with Gasteiger partial charge in [0.15, 0.2) is 0 Å². The first-order valence-corrected chi connectivity index (χ1v) is 6.78. The highest BCUT2D eigenvalue weighted by Gasteiger charge is 2.15. The van der Waals surface area contributed by atoms with Gasteiger partial charge in [-0.3, -0.25) is 4.79 Å². The van der Waals surface area contributed by atoms with E-state index in [1.807, 2.05) is 38.1 Å². The second kappa shape index (κ2) is 5.97. The average Bonchev–Trinajstić information content (AvgIpc) is 2.38. The average molecular weight is 289 g/mol. The maximum Gasteiger partial charge on any atom is 0.253 e. The Morgan fingerprint density at radius 3 is 2.60 bits per heavy atom. The SMILES string of the molecule is Cc1ccc(C(=O)NC(C)c2ccccc2Cl)c(N)c1. The monoisotopic (exact) mass is 288 g/mol. The lowest BCUT2D eigenvalue weighted by atomic mass is 10.1. The van der Waals surface area contributed by atoms with Crippen molar-refractivity contribution in [2.75, 3.05) is 5.73 Å². The quantitative estimate of drug-likeness (QED) is 0.846. The van der Waals surface area contributed by atoms with E-state index >= 15 is 0 Å². The van der Waals surface area contributed by atoms with Gasteiger partial charge < -0.3 is 11.1 Å². The summed E-state index contributed by atoms with van der Waals surface area (Å²) >= 11 is 6.12. The molecule has 2 aromatic carbocycles. The van der Waals surface area contributed by atoms with Crippen LogP contribution < -0.4 is 11.1 Å². The Kier molecular flexibility index (Phi) is 4.30. The zero-order valence-corrected chi connectivity index (χ0v) is 12.2. The van der Waals surface area contributed by atoms with Gasteiger partial charge in [-0.15, -0.1) is 0 Å². The molecule has 104 valence electrons. The number of hydrogen-bond donors (Lipinski definition) is 2. The van der Waals surface area contributed by atoms with E-state index in [0.717, 1.165) is 11.1 Å². The summed E-state index contributed by atoms with van der Waals surface area (Å²) in [6.45, 7) is 3.83.